The lowest BCUT2D eigenvalue weighted by Crippen LogP contribution is -2.35. The molecule has 0 spiro atoms. The third-order valence-electron chi connectivity index (χ3n) is 2.26. The van der Waals surface area contributed by atoms with Crippen LogP contribution < -0.4 is 5.32 Å². The Morgan fingerprint density at radius 1 is 1.69 bits per heavy atom. The van der Waals surface area contributed by atoms with E-state index < -0.39 is 12.3 Å². The van der Waals surface area contributed by atoms with E-state index in [4.69, 9.17) is 0 Å². The van der Waals surface area contributed by atoms with Crippen LogP contribution in [0.25, 0.3) is 0 Å². The summed E-state index contributed by atoms with van der Waals surface area (Å²) in [4.78, 5) is 12.7. The number of nitrogens with zero attached hydrogens (tertiary/aromatic N) is 1. The molecule has 5 heteroatoms. The van der Waals surface area contributed by atoms with Crippen molar-refractivity contribution in [2.75, 3.05) is 26.7 Å². The highest BCUT2D eigenvalue weighted by Gasteiger charge is 2.31. The molecule has 0 aromatic carbocycles. The summed E-state index contributed by atoms with van der Waals surface area (Å²) in [6.45, 7) is 0.906. The second-order valence-corrected chi connectivity index (χ2v) is 3.25. The molecule has 1 N–H and O–H groups in total. The Labute approximate surface area is 76.1 Å². The molecule has 1 aliphatic heterocycles. The number of hydrogen-bond donors (Lipinski definition) is 1. The first-order chi connectivity index (χ1) is 6.15. The molecule has 0 bridgehead atoms. The number of rotatable bonds is 3. The molecule has 0 saturated carbocycles. The Balaban J connectivity index is 2.36. The molecule has 3 nitrogen and oxygen atoms in total. The van der Waals surface area contributed by atoms with Crippen LogP contribution in [0, 0.1) is 5.92 Å². The van der Waals surface area contributed by atoms with Gasteiger partial charge < -0.3 is 10.2 Å². The van der Waals surface area contributed by atoms with E-state index in [0.29, 0.717) is 13.0 Å². The molecule has 1 saturated heterocycles. The van der Waals surface area contributed by atoms with Gasteiger partial charge in [0, 0.05) is 19.0 Å². The lowest BCUT2D eigenvalue weighted by Gasteiger charge is -2.15. The fraction of sp³-hybridized carbons (Fsp3) is 0.875. The average Bonchev–Trinajstić information content (AvgIpc) is 2.52. The van der Waals surface area contributed by atoms with Crippen LogP contribution in [0.4, 0.5) is 8.78 Å². The van der Waals surface area contributed by atoms with Crippen molar-refractivity contribution in [1.82, 2.24) is 10.2 Å². The maximum absolute atomic E-state index is 12.2. The summed E-state index contributed by atoms with van der Waals surface area (Å²) in [5.74, 6) is -0.716. The number of likely N-dealkylation sites (tertiary alicyclic amines) is 1. The van der Waals surface area contributed by atoms with Crippen molar-refractivity contribution in [3.05, 3.63) is 0 Å². The summed E-state index contributed by atoms with van der Waals surface area (Å²) < 4.78 is 24.4. The van der Waals surface area contributed by atoms with Crippen molar-refractivity contribution in [2.45, 2.75) is 12.8 Å². The number of amides is 1. The van der Waals surface area contributed by atoms with Gasteiger partial charge >= 0.3 is 0 Å². The molecule has 1 heterocycles. The van der Waals surface area contributed by atoms with E-state index in [9.17, 15) is 13.6 Å². The summed E-state index contributed by atoms with van der Waals surface area (Å²) in [5, 5.41) is 2.71. The zero-order chi connectivity index (χ0) is 9.84. The van der Waals surface area contributed by atoms with Gasteiger partial charge in [0.15, 0.2) is 0 Å². The fourth-order valence-electron chi connectivity index (χ4n) is 1.48. The van der Waals surface area contributed by atoms with Gasteiger partial charge in [0.25, 0.3) is 0 Å². The van der Waals surface area contributed by atoms with Crippen LogP contribution in [0.15, 0.2) is 0 Å². The zero-order valence-corrected chi connectivity index (χ0v) is 7.59. The van der Waals surface area contributed by atoms with Gasteiger partial charge in [-0.25, -0.2) is 8.78 Å². The van der Waals surface area contributed by atoms with Gasteiger partial charge in [-0.05, 0) is 13.5 Å². The van der Waals surface area contributed by atoms with Crippen LogP contribution in [0.3, 0.4) is 0 Å². The van der Waals surface area contributed by atoms with Gasteiger partial charge in [-0.2, -0.15) is 0 Å². The number of likely N-dealkylation sites (N-methyl/N-ethyl adjacent to an activating group) is 1. The highest BCUT2D eigenvalue weighted by Crippen LogP contribution is 2.22. The van der Waals surface area contributed by atoms with Gasteiger partial charge in [0.05, 0.1) is 6.54 Å². The standard InChI is InChI=1S/C8H14F2N2O/c1-11-4-7(13)12-3-2-6(5-12)8(9)10/h6,8,11H,2-5H2,1H3. The molecule has 1 unspecified atom stereocenters. The molecule has 1 fully saturated rings. The first-order valence-corrected chi connectivity index (χ1v) is 4.35. The van der Waals surface area contributed by atoms with E-state index >= 15 is 0 Å². The van der Waals surface area contributed by atoms with Crippen LogP contribution in [0.1, 0.15) is 6.42 Å². The van der Waals surface area contributed by atoms with Crippen LogP contribution in [-0.2, 0) is 4.79 Å². The molecular formula is C8H14F2N2O. The molecule has 0 radical (unpaired) electrons. The zero-order valence-electron chi connectivity index (χ0n) is 7.59. The third-order valence-corrected chi connectivity index (χ3v) is 2.26. The van der Waals surface area contributed by atoms with Gasteiger partial charge in [-0.1, -0.05) is 0 Å². The smallest absolute Gasteiger partial charge is 0.243 e. The molecule has 1 atom stereocenters. The molecule has 1 rings (SSSR count). The number of nitrogens with one attached hydrogen (secondary N) is 1. The lowest BCUT2D eigenvalue weighted by molar-refractivity contribution is -0.129. The number of carbonyl (C=O) groups is 1. The highest BCUT2D eigenvalue weighted by atomic mass is 19.3. The number of carbonyl (C=O) groups excluding carboxylic acids is 1. The Bertz CT molecular complexity index is 187. The Morgan fingerprint density at radius 3 is 2.85 bits per heavy atom. The number of halogens is 2. The van der Waals surface area contributed by atoms with Crippen molar-refractivity contribution in [2.24, 2.45) is 5.92 Å². The van der Waals surface area contributed by atoms with Crippen LogP contribution >= 0.6 is 0 Å². The monoisotopic (exact) mass is 192 g/mol. The van der Waals surface area contributed by atoms with Crippen molar-refractivity contribution in [3.8, 4) is 0 Å². The minimum atomic E-state index is -2.30. The lowest BCUT2D eigenvalue weighted by atomic mass is 10.1. The first-order valence-electron chi connectivity index (χ1n) is 4.35. The van der Waals surface area contributed by atoms with Crippen molar-refractivity contribution in [1.29, 1.82) is 0 Å². The molecule has 13 heavy (non-hydrogen) atoms. The maximum atomic E-state index is 12.2. The Kier molecular flexibility index (Phi) is 3.59. The summed E-state index contributed by atoms with van der Waals surface area (Å²) in [6.07, 6.45) is -1.87. The second-order valence-electron chi connectivity index (χ2n) is 3.25. The van der Waals surface area contributed by atoms with Crippen LogP contribution in [-0.4, -0.2) is 43.9 Å². The largest absolute Gasteiger partial charge is 0.341 e. The predicted octanol–water partition coefficient (Wildman–Crippen LogP) is 0.319. The quantitative estimate of drug-likeness (QED) is 0.698. The van der Waals surface area contributed by atoms with Crippen molar-refractivity contribution >= 4 is 5.91 Å². The minimum Gasteiger partial charge on any atom is -0.341 e. The SMILES string of the molecule is CNCC(=O)N1CCC(C(F)F)C1. The van der Waals surface area contributed by atoms with Crippen molar-refractivity contribution in [3.63, 3.8) is 0 Å². The van der Waals surface area contributed by atoms with E-state index in [2.05, 4.69) is 5.32 Å². The minimum absolute atomic E-state index is 0.0920. The van der Waals surface area contributed by atoms with Gasteiger partial charge in [-0.3, -0.25) is 4.79 Å². The highest BCUT2D eigenvalue weighted by molar-refractivity contribution is 5.78. The van der Waals surface area contributed by atoms with Crippen molar-refractivity contribution < 1.29 is 13.6 Å². The second kappa shape index (κ2) is 4.50. The molecule has 0 aromatic heterocycles. The topological polar surface area (TPSA) is 32.3 Å². The normalized spacial score (nSPS) is 22.8. The summed E-state index contributed by atoms with van der Waals surface area (Å²) >= 11 is 0. The molecule has 0 aromatic rings. The number of alkyl halides is 2. The predicted molar refractivity (Wildman–Crippen MR) is 44.6 cm³/mol. The first kappa shape index (κ1) is 10.4. The summed E-state index contributed by atoms with van der Waals surface area (Å²) in [7, 11) is 1.67. The van der Waals surface area contributed by atoms with E-state index in [-0.39, 0.29) is 19.0 Å². The fourth-order valence-corrected chi connectivity index (χ4v) is 1.48. The third kappa shape index (κ3) is 2.62. The van der Waals surface area contributed by atoms with Gasteiger partial charge in [0.1, 0.15) is 0 Å². The van der Waals surface area contributed by atoms with E-state index in [0.717, 1.165) is 0 Å². The van der Waals surface area contributed by atoms with Gasteiger partial charge in [-0.15, -0.1) is 0 Å². The molecule has 1 aliphatic rings. The molecule has 1 amide bonds. The Morgan fingerprint density at radius 2 is 2.38 bits per heavy atom. The van der Waals surface area contributed by atoms with Crippen LogP contribution in [0.5, 0.6) is 0 Å². The molecule has 76 valence electrons. The molecular weight excluding hydrogens is 178 g/mol. The summed E-state index contributed by atoms with van der Waals surface area (Å²) in [5.41, 5.74) is 0. The van der Waals surface area contributed by atoms with E-state index in [1.807, 2.05) is 0 Å². The average molecular weight is 192 g/mol. The maximum Gasteiger partial charge on any atom is 0.243 e. The van der Waals surface area contributed by atoms with Crippen LogP contribution in [0.2, 0.25) is 0 Å². The van der Waals surface area contributed by atoms with E-state index in [1.165, 1.54) is 4.90 Å². The Hall–Kier alpha value is -0.710. The van der Waals surface area contributed by atoms with E-state index in [1.54, 1.807) is 7.05 Å². The van der Waals surface area contributed by atoms with Gasteiger partial charge in [0.2, 0.25) is 12.3 Å². The summed E-state index contributed by atoms with van der Waals surface area (Å²) in [6, 6.07) is 0. The molecule has 0 aliphatic carbocycles. The number of hydrogen-bond acceptors (Lipinski definition) is 2.